The predicted octanol–water partition coefficient (Wildman–Crippen LogP) is 0.468. The molecule has 0 aromatic carbocycles. The summed E-state index contributed by atoms with van der Waals surface area (Å²) < 4.78 is 15.7. The molecule has 1 aliphatic rings. The van der Waals surface area contributed by atoms with Crippen molar-refractivity contribution >= 4 is 11.8 Å². The smallest absolute Gasteiger partial charge is 0.259 e. The summed E-state index contributed by atoms with van der Waals surface area (Å²) in [6, 6.07) is 3.23. The van der Waals surface area contributed by atoms with Crippen molar-refractivity contribution in [2.45, 2.75) is 12.8 Å². The highest BCUT2D eigenvalue weighted by Gasteiger charge is 2.22. The Balaban J connectivity index is 2.16. The van der Waals surface area contributed by atoms with Gasteiger partial charge in [-0.05, 0) is 12.5 Å². The van der Waals surface area contributed by atoms with E-state index in [0.717, 1.165) is 0 Å². The van der Waals surface area contributed by atoms with Crippen LogP contribution in [0.2, 0.25) is 0 Å². The normalized spacial score (nSPS) is 16.8. The first kappa shape index (κ1) is 18.0. The number of carbonyl (C=O) groups excluding carboxylic acids is 2. The summed E-state index contributed by atoms with van der Waals surface area (Å²) in [5.41, 5.74) is 0.342. The molecular formula is C16H23N3O5. The number of aromatic nitrogens is 1. The minimum atomic E-state index is -0.228. The number of nitrogens with one attached hydrogen (secondary N) is 1. The van der Waals surface area contributed by atoms with E-state index in [-0.39, 0.29) is 24.1 Å². The van der Waals surface area contributed by atoms with Gasteiger partial charge in [-0.3, -0.25) is 9.59 Å². The second-order valence-corrected chi connectivity index (χ2v) is 5.27. The Labute approximate surface area is 141 Å². The number of rotatable bonds is 3. The van der Waals surface area contributed by atoms with Gasteiger partial charge < -0.3 is 24.4 Å². The Morgan fingerprint density at radius 3 is 2.83 bits per heavy atom. The zero-order chi connectivity index (χ0) is 17.4. The Bertz CT molecular complexity index is 579. The molecule has 1 N–H and O–H groups in total. The lowest BCUT2D eigenvalue weighted by molar-refractivity contribution is -0.121. The fourth-order valence-corrected chi connectivity index (χ4v) is 2.39. The summed E-state index contributed by atoms with van der Waals surface area (Å²) in [6.07, 6.45) is 0.948. The molecule has 1 saturated heterocycles. The minimum absolute atomic E-state index is 0.0990. The quantitative estimate of drug-likeness (QED) is 0.862. The van der Waals surface area contributed by atoms with Crippen molar-refractivity contribution in [3.63, 3.8) is 0 Å². The second-order valence-electron chi connectivity index (χ2n) is 5.27. The van der Waals surface area contributed by atoms with Gasteiger partial charge in [-0.2, -0.15) is 4.98 Å². The molecule has 2 rings (SSSR count). The molecule has 1 aliphatic heterocycles. The lowest BCUT2D eigenvalue weighted by Gasteiger charge is -2.23. The topological polar surface area (TPSA) is 90.0 Å². The molecular weight excluding hydrogens is 314 g/mol. The number of nitrogens with zero attached hydrogens (tertiary/aromatic N) is 2. The maximum atomic E-state index is 12.8. The summed E-state index contributed by atoms with van der Waals surface area (Å²) in [7, 11) is 2.95. The monoisotopic (exact) mass is 337 g/mol. The van der Waals surface area contributed by atoms with Crippen LogP contribution in [0.1, 0.15) is 23.2 Å². The number of pyridine rings is 1. The first-order chi connectivity index (χ1) is 11.7. The van der Waals surface area contributed by atoms with Crippen molar-refractivity contribution < 1.29 is 23.8 Å². The van der Waals surface area contributed by atoms with Gasteiger partial charge in [-0.15, -0.1) is 0 Å². The molecule has 1 aromatic rings. The average Bonchev–Trinajstić information content (AvgIpc) is 2.66. The summed E-state index contributed by atoms with van der Waals surface area (Å²) in [6.45, 7) is 2.34. The van der Waals surface area contributed by atoms with E-state index in [1.165, 1.54) is 14.2 Å². The molecule has 0 unspecified atom stereocenters. The molecule has 1 aromatic heterocycles. The third-order valence-electron chi connectivity index (χ3n) is 3.65. The lowest BCUT2D eigenvalue weighted by atomic mass is 10.2. The van der Waals surface area contributed by atoms with Crippen LogP contribution in [0.15, 0.2) is 12.1 Å². The summed E-state index contributed by atoms with van der Waals surface area (Å²) in [4.78, 5) is 30.4. The van der Waals surface area contributed by atoms with E-state index in [4.69, 9.17) is 14.2 Å². The van der Waals surface area contributed by atoms with Crippen molar-refractivity contribution in [1.82, 2.24) is 15.2 Å². The number of hydrogen-bond donors (Lipinski definition) is 1. The minimum Gasteiger partial charge on any atom is -0.481 e. The number of hydrogen-bond acceptors (Lipinski definition) is 6. The van der Waals surface area contributed by atoms with Crippen LogP contribution in [-0.2, 0) is 9.53 Å². The van der Waals surface area contributed by atoms with Crippen LogP contribution >= 0.6 is 0 Å². The molecule has 8 heteroatoms. The van der Waals surface area contributed by atoms with Crippen LogP contribution in [-0.4, -0.2) is 68.8 Å². The SMILES string of the molecule is COc1ccc(C(=O)N2CCCOCCNC(=O)CC2)c(OC)n1. The Kier molecular flexibility index (Phi) is 6.80. The molecule has 2 heterocycles. The number of amides is 2. The van der Waals surface area contributed by atoms with Crippen molar-refractivity contribution in [3.05, 3.63) is 17.7 Å². The zero-order valence-electron chi connectivity index (χ0n) is 14.0. The highest BCUT2D eigenvalue weighted by Crippen LogP contribution is 2.21. The Morgan fingerprint density at radius 1 is 1.25 bits per heavy atom. The summed E-state index contributed by atoms with van der Waals surface area (Å²) in [5.74, 6) is 0.246. The summed E-state index contributed by atoms with van der Waals surface area (Å²) >= 11 is 0. The van der Waals surface area contributed by atoms with Gasteiger partial charge in [-0.1, -0.05) is 0 Å². The average molecular weight is 337 g/mol. The van der Waals surface area contributed by atoms with E-state index in [9.17, 15) is 9.59 Å². The van der Waals surface area contributed by atoms with Gasteiger partial charge in [-0.25, -0.2) is 0 Å². The van der Waals surface area contributed by atoms with Crippen LogP contribution < -0.4 is 14.8 Å². The number of carbonyl (C=O) groups is 2. The molecule has 24 heavy (non-hydrogen) atoms. The number of methoxy groups -OCH3 is 2. The lowest BCUT2D eigenvalue weighted by Crippen LogP contribution is -2.36. The van der Waals surface area contributed by atoms with Crippen molar-refractivity contribution in [2.24, 2.45) is 0 Å². The second kappa shape index (κ2) is 9.07. The third-order valence-corrected chi connectivity index (χ3v) is 3.65. The van der Waals surface area contributed by atoms with Crippen molar-refractivity contribution in [3.8, 4) is 11.8 Å². The van der Waals surface area contributed by atoms with E-state index in [0.29, 0.717) is 50.7 Å². The van der Waals surface area contributed by atoms with Gasteiger partial charge in [0.2, 0.25) is 17.7 Å². The highest BCUT2D eigenvalue weighted by atomic mass is 16.5. The zero-order valence-corrected chi connectivity index (χ0v) is 14.0. The molecule has 132 valence electrons. The highest BCUT2D eigenvalue weighted by molar-refractivity contribution is 5.96. The molecule has 1 fully saturated rings. The standard InChI is InChI=1S/C16H23N3O5/c1-22-14-5-4-12(15(18-14)23-2)16(21)19-8-3-10-24-11-7-17-13(20)6-9-19/h4-5H,3,6-11H2,1-2H3,(H,17,20). The Morgan fingerprint density at radius 2 is 2.08 bits per heavy atom. The first-order valence-corrected chi connectivity index (χ1v) is 7.88. The van der Waals surface area contributed by atoms with Gasteiger partial charge in [0.05, 0.1) is 20.8 Å². The molecule has 2 amide bonds. The maximum Gasteiger partial charge on any atom is 0.259 e. The molecule has 0 spiro atoms. The third kappa shape index (κ3) is 4.82. The van der Waals surface area contributed by atoms with Gasteiger partial charge in [0.25, 0.3) is 5.91 Å². The molecule has 0 saturated carbocycles. The van der Waals surface area contributed by atoms with Crippen LogP contribution in [0, 0.1) is 0 Å². The Hall–Kier alpha value is -2.35. The van der Waals surface area contributed by atoms with E-state index >= 15 is 0 Å². The predicted molar refractivity (Wildman–Crippen MR) is 86.3 cm³/mol. The van der Waals surface area contributed by atoms with Gasteiger partial charge >= 0.3 is 0 Å². The first-order valence-electron chi connectivity index (χ1n) is 7.88. The van der Waals surface area contributed by atoms with Gasteiger partial charge in [0.1, 0.15) is 5.56 Å². The number of ether oxygens (including phenoxy) is 3. The molecule has 0 atom stereocenters. The van der Waals surface area contributed by atoms with Crippen LogP contribution in [0.25, 0.3) is 0 Å². The molecule has 8 nitrogen and oxygen atoms in total. The van der Waals surface area contributed by atoms with Crippen molar-refractivity contribution in [2.75, 3.05) is 47.1 Å². The largest absolute Gasteiger partial charge is 0.481 e. The maximum absolute atomic E-state index is 12.8. The summed E-state index contributed by atoms with van der Waals surface area (Å²) in [5, 5.41) is 2.76. The van der Waals surface area contributed by atoms with E-state index in [1.807, 2.05) is 0 Å². The van der Waals surface area contributed by atoms with E-state index in [1.54, 1.807) is 17.0 Å². The van der Waals surface area contributed by atoms with Crippen LogP contribution in [0.4, 0.5) is 0 Å². The fraction of sp³-hybridized carbons (Fsp3) is 0.562. The van der Waals surface area contributed by atoms with Crippen LogP contribution in [0.3, 0.4) is 0 Å². The van der Waals surface area contributed by atoms with E-state index < -0.39 is 0 Å². The fourth-order valence-electron chi connectivity index (χ4n) is 2.39. The van der Waals surface area contributed by atoms with Crippen molar-refractivity contribution in [1.29, 1.82) is 0 Å². The molecule has 0 radical (unpaired) electrons. The van der Waals surface area contributed by atoms with E-state index in [2.05, 4.69) is 10.3 Å². The molecule has 0 aliphatic carbocycles. The molecule has 0 bridgehead atoms. The van der Waals surface area contributed by atoms with Crippen LogP contribution in [0.5, 0.6) is 11.8 Å². The van der Waals surface area contributed by atoms with Gasteiger partial charge in [0, 0.05) is 38.7 Å². The van der Waals surface area contributed by atoms with Gasteiger partial charge in [0.15, 0.2) is 0 Å².